The standard InChI is InChI=1S/C19H18N4O/c1-23-19-17(16(22-23)12-7-8-12)20-18(21-19)15-13-6-4-3-5-11(13)9-10-14(15)24-2/h3-6,9-10,12H,7-8H2,1-2H3,(H,20,21). The number of methoxy groups -OCH3 is 1. The smallest absolute Gasteiger partial charge is 0.176 e. The Hall–Kier alpha value is -2.82. The third kappa shape index (κ3) is 1.87. The van der Waals surface area contributed by atoms with E-state index in [1.807, 2.05) is 29.9 Å². The van der Waals surface area contributed by atoms with Crippen LogP contribution in [0.25, 0.3) is 33.3 Å². The highest BCUT2D eigenvalue weighted by molar-refractivity contribution is 5.99. The summed E-state index contributed by atoms with van der Waals surface area (Å²) in [5.41, 5.74) is 4.12. The molecule has 5 nitrogen and oxygen atoms in total. The number of imidazole rings is 1. The van der Waals surface area contributed by atoms with Crippen LogP contribution in [-0.4, -0.2) is 26.9 Å². The van der Waals surface area contributed by atoms with Gasteiger partial charge in [-0.1, -0.05) is 30.3 Å². The molecule has 0 amide bonds. The van der Waals surface area contributed by atoms with Crippen molar-refractivity contribution in [1.82, 2.24) is 19.7 Å². The molecular formula is C19H18N4O. The van der Waals surface area contributed by atoms with E-state index in [1.54, 1.807) is 7.11 Å². The molecule has 1 fully saturated rings. The summed E-state index contributed by atoms with van der Waals surface area (Å²) in [4.78, 5) is 8.35. The molecule has 0 radical (unpaired) electrons. The Morgan fingerprint density at radius 2 is 2.00 bits per heavy atom. The van der Waals surface area contributed by atoms with Crippen LogP contribution >= 0.6 is 0 Å². The van der Waals surface area contributed by atoms with Crippen LogP contribution in [-0.2, 0) is 7.05 Å². The maximum Gasteiger partial charge on any atom is 0.176 e. The minimum atomic E-state index is 0.580. The largest absolute Gasteiger partial charge is 0.496 e. The number of nitrogens with zero attached hydrogens (tertiary/aromatic N) is 3. The van der Waals surface area contributed by atoms with Crippen LogP contribution < -0.4 is 4.74 Å². The van der Waals surface area contributed by atoms with E-state index in [4.69, 9.17) is 9.72 Å². The van der Waals surface area contributed by atoms with E-state index in [-0.39, 0.29) is 0 Å². The molecule has 2 heterocycles. The lowest BCUT2D eigenvalue weighted by Gasteiger charge is -2.10. The van der Waals surface area contributed by atoms with E-state index in [0.29, 0.717) is 5.92 Å². The van der Waals surface area contributed by atoms with Gasteiger partial charge in [0.15, 0.2) is 5.65 Å². The van der Waals surface area contributed by atoms with Crippen molar-refractivity contribution < 1.29 is 4.74 Å². The molecule has 2 aromatic heterocycles. The van der Waals surface area contributed by atoms with Crippen LogP contribution in [0.3, 0.4) is 0 Å². The number of hydrogen-bond acceptors (Lipinski definition) is 3. The topological polar surface area (TPSA) is 55.7 Å². The number of fused-ring (bicyclic) bond motifs is 2. The SMILES string of the molecule is COc1ccc2ccccc2c1-c1nc2c([nH]1)c(C1CC1)nn2C. The van der Waals surface area contributed by atoms with Crippen molar-refractivity contribution in [1.29, 1.82) is 0 Å². The molecule has 5 heteroatoms. The van der Waals surface area contributed by atoms with E-state index < -0.39 is 0 Å². The Bertz CT molecular complexity index is 1070. The van der Waals surface area contributed by atoms with Gasteiger partial charge in [-0.25, -0.2) is 9.67 Å². The molecule has 1 N–H and O–H groups in total. The number of aromatic nitrogens is 4. The van der Waals surface area contributed by atoms with E-state index in [1.165, 1.54) is 18.2 Å². The van der Waals surface area contributed by atoms with Crippen LogP contribution in [0.1, 0.15) is 24.5 Å². The lowest BCUT2D eigenvalue weighted by Crippen LogP contribution is -1.95. The van der Waals surface area contributed by atoms with Crippen molar-refractivity contribution in [2.45, 2.75) is 18.8 Å². The molecule has 0 bridgehead atoms. The molecule has 2 aromatic carbocycles. The molecule has 1 aliphatic rings. The van der Waals surface area contributed by atoms with Crippen LogP contribution in [0, 0.1) is 0 Å². The van der Waals surface area contributed by atoms with Gasteiger partial charge in [0.05, 0.1) is 18.4 Å². The van der Waals surface area contributed by atoms with Gasteiger partial charge in [0.2, 0.25) is 0 Å². The highest BCUT2D eigenvalue weighted by Gasteiger charge is 2.30. The molecule has 120 valence electrons. The van der Waals surface area contributed by atoms with Crippen molar-refractivity contribution in [3.8, 4) is 17.1 Å². The van der Waals surface area contributed by atoms with Gasteiger partial charge in [-0.3, -0.25) is 0 Å². The maximum atomic E-state index is 5.62. The number of benzene rings is 2. The molecule has 0 saturated heterocycles. The molecule has 0 spiro atoms. The quantitative estimate of drug-likeness (QED) is 0.621. The summed E-state index contributed by atoms with van der Waals surface area (Å²) in [6.07, 6.45) is 2.44. The average molecular weight is 318 g/mol. The van der Waals surface area contributed by atoms with E-state index >= 15 is 0 Å². The van der Waals surface area contributed by atoms with Crippen molar-refractivity contribution >= 4 is 21.9 Å². The zero-order valence-corrected chi connectivity index (χ0v) is 13.7. The number of ether oxygens (including phenoxy) is 1. The van der Waals surface area contributed by atoms with Crippen molar-refractivity contribution in [2.75, 3.05) is 7.11 Å². The summed E-state index contributed by atoms with van der Waals surface area (Å²) >= 11 is 0. The Kier molecular flexibility index (Phi) is 2.74. The summed E-state index contributed by atoms with van der Waals surface area (Å²) in [6.45, 7) is 0. The van der Waals surface area contributed by atoms with Crippen molar-refractivity contribution in [2.24, 2.45) is 7.05 Å². The molecule has 24 heavy (non-hydrogen) atoms. The Labute approximate surface area is 139 Å². The van der Waals surface area contributed by atoms with Gasteiger partial charge in [-0.2, -0.15) is 5.10 Å². The second-order valence-electron chi connectivity index (χ2n) is 6.43. The fourth-order valence-electron chi connectivity index (χ4n) is 3.46. The summed E-state index contributed by atoms with van der Waals surface area (Å²) in [5, 5.41) is 6.95. The number of H-pyrrole nitrogens is 1. The first-order valence-corrected chi connectivity index (χ1v) is 8.25. The summed E-state index contributed by atoms with van der Waals surface area (Å²) < 4.78 is 7.49. The highest BCUT2D eigenvalue weighted by atomic mass is 16.5. The van der Waals surface area contributed by atoms with Gasteiger partial charge >= 0.3 is 0 Å². The fourth-order valence-corrected chi connectivity index (χ4v) is 3.46. The van der Waals surface area contributed by atoms with Gasteiger partial charge in [0.25, 0.3) is 0 Å². The summed E-state index contributed by atoms with van der Waals surface area (Å²) in [6, 6.07) is 12.4. The summed E-state index contributed by atoms with van der Waals surface area (Å²) in [5.74, 6) is 2.25. The second-order valence-corrected chi connectivity index (χ2v) is 6.43. The first-order chi connectivity index (χ1) is 11.8. The van der Waals surface area contributed by atoms with Crippen LogP contribution in [0.5, 0.6) is 5.75 Å². The van der Waals surface area contributed by atoms with Crippen molar-refractivity contribution in [3.05, 3.63) is 42.1 Å². The zero-order chi connectivity index (χ0) is 16.3. The van der Waals surface area contributed by atoms with E-state index in [0.717, 1.165) is 39.4 Å². The molecular weight excluding hydrogens is 300 g/mol. The monoisotopic (exact) mass is 318 g/mol. The van der Waals surface area contributed by atoms with Crippen molar-refractivity contribution in [3.63, 3.8) is 0 Å². The summed E-state index contributed by atoms with van der Waals surface area (Å²) in [7, 11) is 3.66. The second kappa shape index (κ2) is 4.84. The fraction of sp³-hybridized carbons (Fsp3) is 0.263. The molecule has 0 atom stereocenters. The van der Waals surface area contributed by atoms with Crippen LogP contribution in [0.4, 0.5) is 0 Å². The highest BCUT2D eigenvalue weighted by Crippen LogP contribution is 2.43. The van der Waals surface area contributed by atoms with E-state index in [9.17, 15) is 0 Å². The van der Waals surface area contributed by atoms with Gasteiger partial charge in [0, 0.05) is 13.0 Å². The van der Waals surface area contributed by atoms with Gasteiger partial charge in [0.1, 0.15) is 17.1 Å². The van der Waals surface area contributed by atoms with Gasteiger partial charge in [-0.05, 0) is 29.7 Å². The zero-order valence-electron chi connectivity index (χ0n) is 13.7. The first kappa shape index (κ1) is 13.6. The Balaban J connectivity index is 1.81. The van der Waals surface area contributed by atoms with Crippen LogP contribution in [0.15, 0.2) is 36.4 Å². The van der Waals surface area contributed by atoms with E-state index in [2.05, 4.69) is 28.3 Å². The average Bonchev–Trinajstić information content (AvgIpc) is 3.28. The van der Waals surface area contributed by atoms with Gasteiger partial charge < -0.3 is 9.72 Å². The van der Waals surface area contributed by atoms with Crippen LogP contribution in [0.2, 0.25) is 0 Å². The first-order valence-electron chi connectivity index (χ1n) is 8.25. The minimum absolute atomic E-state index is 0.580. The number of hydrogen-bond donors (Lipinski definition) is 1. The third-order valence-corrected chi connectivity index (χ3v) is 4.82. The minimum Gasteiger partial charge on any atom is -0.496 e. The molecule has 4 aromatic rings. The lowest BCUT2D eigenvalue weighted by atomic mass is 10.0. The number of rotatable bonds is 3. The predicted octanol–water partition coefficient (Wildman–Crippen LogP) is 4.00. The maximum absolute atomic E-state index is 5.62. The lowest BCUT2D eigenvalue weighted by molar-refractivity contribution is 0.416. The Morgan fingerprint density at radius 1 is 1.17 bits per heavy atom. The third-order valence-electron chi connectivity index (χ3n) is 4.82. The Morgan fingerprint density at radius 3 is 2.79 bits per heavy atom. The molecule has 5 rings (SSSR count). The molecule has 1 aliphatic carbocycles. The number of aromatic amines is 1. The molecule has 0 unspecified atom stereocenters. The number of aryl methyl sites for hydroxylation is 1. The molecule has 0 aliphatic heterocycles. The predicted molar refractivity (Wildman–Crippen MR) is 94.3 cm³/mol. The number of nitrogens with one attached hydrogen (secondary N) is 1. The molecule has 1 saturated carbocycles. The normalized spacial score (nSPS) is 14.6. The van der Waals surface area contributed by atoms with Gasteiger partial charge in [-0.15, -0.1) is 0 Å².